The van der Waals surface area contributed by atoms with E-state index in [2.05, 4.69) is 5.32 Å². The quantitative estimate of drug-likeness (QED) is 0.863. The number of alkyl halides is 3. The first-order valence-electron chi connectivity index (χ1n) is 4.92. The Labute approximate surface area is 92.4 Å². The van der Waals surface area contributed by atoms with E-state index in [1.165, 1.54) is 12.1 Å². The molecule has 1 rings (SSSR count). The summed E-state index contributed by atoms with van der Waals surface area (Å²) < 4.78 is 42.1. The third kappa shape index (κ3) is 3.73. The predicted octanol–water partition coefficient (Wildman–Crippen LogP) is 2.69. The van der Waals surface area contributed by atoms with Crippen LogP contribution in [0.1, 0.15) is 12.5 Å². The molecule has 0 radical (unpaired) electrons. The highest BCUT2D eigenvalue weighted by atomic mass is 19.4. The van der Waals surface area contributed by atoms with Crippen molar-refractivity contribution in [3.05, 3.63) is 29.8 Å². The van der Waals surface area contributed by atoms with Crippen LogP contribution in [0.25, 0.3) is 0 Å². The van der Waals surface area contributed by atoms with Crippen molar-refractivity contribution in [3.8, 4) is 5.75 Å². The van der Waals surface area contributed by atoms with E-state index in [0.29, 0.717) is 12.3 Å². The molecule has 0 amide bonds. The number of nitrogens with one attached hydrogen (secondary N) is 1. The average Bonchev–Trinajstić information content (AvgIpc) is 2.17. The van der Waals surface area contributed by atoms with Crippen LogP contribution in [0.3, 0.4) is 0 Å². The van der Waals surface area contributed by atoms with Crippen molar-refractivity contribution in [2.24, 2.45) is 0 Å². The van der Waals surface area contributed by atoms with E-state index >= 15 is 0 Å². The van der Waals surface area contributed by atoms with Gasteiger partial charge in [-0.05, 0) is 38.2 Å². The summed E-state index contributed by atoms with van der Waals surface area (Å²) in [6.07, 6.45) is -4.38. The summed E-state index contributed by atoms with van der Waals surface area (Å²) in [5.74, 6) is 0.441. The van der Waals surface area contributed by atoms with Gasteiger partial charge in [0, 0.05) is 6.54 Å². The molecule has 0 saturated carbocycles. The molecule has 0 fully saturated rings. The SMILES string of the molecule is CNC[C@H](C)Oc1ccc(C(F)(F)F)cc1. The molecule has 1 N–H and O–H groups in total. The first-order chi connectivity index (χ1) is 7.43. The number of rotatable bonds is 4. The van der Waals surface area contributed by atoms with Gasteiger partial charge in [-0.3, -0.25) is 0 Å². The van der Waals surface area contributed by atoms with Crippen LogP contribution in [0.2, 0.25) is 0 Å². The summed E-state index contributed by atoms with van der Waals surface area (Å²) >= 11 is 0. The second kappa shape index (κ2) is 5.21. The van der Waals surface area contributed by atoms with Crippen molar-refractivity contribution < 1.29 is 17.9 Å². The van der Waals surface area contributed by atoms with E-state index in [9.17, 15) is 13.2 Å². The Morgan fingerprint density at radius 2 is 1.81 bits per heavy atom. The van der Waals surface area contributed by atoms with Crippen molar-refractivity contribution in [1.29, 1.82) is 0 Å². The third-order valence-corrected chi connectivity index (χ3v) is 2.01. The zero-order chi connectivity index (χ0) is 12.2. The molecule has 1 aromatic carbocycles. The highest BCUT2D eigenvalue weighted by Gasteiger charge is 2.30. The molecule has 0 heterocycles. The van der Waals surface area contributed by atoms with E-state index < -0.39 is 11.7 Å². The lowest BCUT2D eigenvalue weighted by atomic mass is 10.2. The molecule has 16 heavy (non-hydrogen) atoms. The Balaban J connectivity index is 2.65. The van der Waals surface area contributed by atoms with Gasteiger partial charge in [0.05, 0.1) is 5.56 Å². The highest BCUT2D eigenvalue weighted by Crippen LogP contribution is 2.30. The van der Waals surface area contributed by atoms with Gasteiger partial charge in [0.2, 0.25) is 0 Å². The van der Waals surface area contributed by atoms with E-state index in [1.54, 1.807) is 7.05 Å². The molecule has 0 aliphatic rings. The molecule has 0 spiro atoms. The first kappa shape index (κ1) is 12.8. The van der Waals surface area contributed by atoms with Gasteiger partial charge < -0.3 is 10.1 Å². The zero-order valence-corrected chi connectivity index (χ0v) is 9.14. The van der Waals surface area contributed by atoms with Gasteiger partial charge in [-0.1, -0.05) is 0 Å². The minimum atomic E-state index is -4.30. The van der Waals surface area contributed by atoms with Gasteiger partial charge in [0.1, 0.15) is 11.9 Å². The van der Waals surface area contributed by atoms with Gasteiger partial charge in [0.25, 0.3) is 0 Å². The van der Waals surface area contributed by atoms with Crippen molar-refractivity contribution >= 4 is 0 Å². The molecule has 90 valence electrons. The zero-order valence-electron chi connectivity index (χ0n) is 9.14. The molecular formula is C11H14F3NO. The maximum atomic E-state index is 12.3. The minimum Gasteiger partial charge on any atom is -0.489 e. The number of ether oxygens (including phenoxy) is 1. The fraction of sp³-hybridized carbons (Fsp3) is 0.455. The van der Waals surface area contributed by atoms with Crippen molar-refractivity contribution in [2.45, 2.75) is 19.2 Å². The smallest absolute Gasteiger partial charge is 0.416 e. The lowest BCUT2D eigenvalue weighted by Gasteiger charge is -2.14. The molecule has 0 saturated heterocycles. The molecular weight excluding hydrogens is 219 g/mol. The fourth-order valence-corrected chi connectivity index (χ4v) is 1.28. The molecule has 5 heteroatoms. The van der Waals surface area contributed by atoms with E-state index in [4.69, 9.17) is 4.74 Å². The summed E-state index contributed by atoms with van der Waals surface area (Å²) in [5, 5.41) is 2.92. The van der Waals surface area contributed by atoms with E-state index in [-0.39, 0.29) is 6.10 Å². The number of hydrogen-bond acceptors (Lipinski definition) is 2. The average molecular weight is 233 g/mol. The Bertz CT molecular complexity index is 321. The number of benzene rings is 1. The van der Waals surface area contributed by atoms with Gasteiger partial charge in [-0.15, -0.1) is 0 Å². The normalized spacial score (nSPS) is 13.6. The Morgan fingerprint density at radius 3 is 2.25 bits per heavy atom. The van der Waals surface area contributed by atoms with Crippen LogP contribution in [-0.2, 0) is 6.18 Å². The van der Waals surface area contributed by atoms with Crippen LogP contribution in [0.5, 0.6) is 5.75 Å². The van der Waals surface area contributed by atoms with Crippen LogP contribution < -0.4 is 10.1 Å². The van der Waals surface area contributed by atoms with E-state index in [1.807, 2.05) is 6.92 Å². The fourth-order valence-electron chi connectivity index (χ4n) is 1.28. The molecule has 0 aliphatic carbocycles. The van der Waals surface area contributed by atoms with Crippen molar-refractivity contribution in [1.82, 2.24) is 5.32 Å². The largest absolute Gasteiger partial charge is 0.489 e. The van der Waals surface area contributed by atoms with Crippen molar-refractivity contribution in [3.63, 3.8) is 0 Å². The Kier molecular flexibility index (Phi) is 4.18. The summed E-state index contributed by atoms with van der Waals surface area (Å²) in [4.78, 5) is 0. The number of hydrogen-bond donors (Lipinski definition) is 1. The van der Waals surface area contributed by atoms with Gasteiger partial charge in [-0.2, -0.15) is 13.2 Å². The van der Waals surface area contributed by atoms with Gasteiger partial charge >= 0.3 is 6.18 Å². The second-order valence-electron chi connectivity index (χ2n) is 3.51. The number of halogens is 3. The van der Waals surface area contributed by atoms with Crippen LogP contribution in [-0.4, -0.2) is 19.7 Å². The Hall–Kier alpha value is -1.23. The molecule has 1 aromatic rings. The first-order valence-corrected chi connectivity index (χ1v) is 4.92. The molecule has 1 atom stereocenters. The summed E-state index contributed by atoms with van der Waals surface area (Å²) in [6, 6.07) is 4.69. The minimum absolute atomic E-state index is 0.0817. The van der Waals surface area contributed by atoms with Crippen LogP contribution in [0.4, 0.5) is 13.2 Å². The van der Waals surface area contributed by atoms with Gasteiger partial charge in [0.15, 0.2) is 0 Å². The molecule has 0 aliphatic heterocycles. The molecule has 2 nitrogen and oxygen atoms in total. The summed E-state index contributed by atoms with van der Waals surface area (Å²) in [6.45, 7) is 2.48. The maximum Gasteiger partial charge on any atom is 0.416 e. The molecule has 0 aromatic heterocycles. The lowest BCUT2D eigenvalue weighted by molar-refractivity contribution is -0.137. The number of likely N-dealkylation sites (N-methyl/N-ethyl adjacent to an activating group) is 1. The summed E-state index contributed by atoms with van der Waals surface area (Å²) in [5.41, 5.74) is -0.666. The topological polar surface area (TPSA) is 21.3 Å². The Morgan fingerprint density at radius 1 is 1.25 bits per heavy atom. The molecule has 0 unspecified atom stereocenters. The van der Waals surface area contributed by atoms with Crippen LogP contribution >= 0.6 is 0 Å². The monoisotopic (exact) mass is 233 g/mol. The van der Waals surface area contributed by atoms with E-state index in [0.717, 1.165) is 12.1 Å². The maximum absolute atomic E-state index is 12.3. The highest BCUT2D eigenvalue weighted by molar-refractivity contribution is 5.28. The van der Waals surface area contributed by atoms with Crippen LogP contribution in [0, 0.1) is 0 Å². The standard InChI is InChI=1S/C11H14F3NO/c1-8(7-15-2)16-10-5-3-9(4-6-10)11(12,13)14/h3-6,8,15H,7H2,1-2H3/t8-/m0/s1. The second-order valence-corrected chi connectivity index (χ2v) is 3.51. The predicted molar refractivity (Wildman–Crippen MR) is 55.5 cm³/mol. The lowest BCUT2D eigenvalue weighted by Crippen LogP contribution is -2.26. The van der Waals surface area contributed by atoms with Crippen molar-refractivity contribution in [2.75, 3.05) is 13.6 Å². The van der Waals surface area contributed by atoms with Crippen LogP contribution in [0.15, 0.2) is 24.3 Å². The molecule has 0 bridgehead atoms. The summed E-state index contributed by atoms with van der Waals surface area (Å²) in [7, 11) is 1.78. The third-order valence-electron chi connectivity index (χ3n) is 2.01. The van der Waals surface area contributed by atoms with Gasteiger partial charge in [-0.25, -0.2) is 0 Å².